The van der Waals surface area contributed by atoms with Crippen LogP contribution in [0.25, 0.3) is 10.8 Å². The van der Waals surface area contributed by atoms with Gasteiger partial charge in [-0.15, -0.1) is 11.3 Å². The first-order chi connectivity index (χ1) is 8.77. The van der Waals surface area contributed by atoms with E-state index in [4.69, 9.17) is 14.5 Å². The number of nitriles is 1. The third-order valence-corrected chi connectivity index (χ3v) is 4.29. The van der Waals surface area contributed by atoms with Gasteiger partial charge in [0.15, 0.2) is 0 Å². The SMILES string of the molecule is COC1(c2noc(-c3ccc(C#N)s3)n2)CCC1. The molecule has 0 N–H and O–H groups in total. The molecule has 2 aromatic rings. The molecular weight excluding hydrogens is 250 g/mol. The Morgan fingerprint density at radius 3 is 2.89 bits per heavy atom. The Kier molecular flexibility index (Phi) is 2.65. The van der Waals surface area contributed by atoms with Crippen LogP contribution in [0.3, 0.4) is 0 Å². The Balaban J connectivity index is 1.92. The van der Waals surface area contributed by atoms with Crippen molar-refractivity contribution >= 4 is 11.3 Å². The lowest BCUT2D eigenvalue weighted by molar-refractivity contribution is -0.0858. The molecule has 5 nitrogen and oxygen atoms in total. The van der Waals surface area contributed by atoms with Crippen molar-refractivity contribution in [2.75, 3.05) is 7.11 Å². The van der Waals surface area contributed by atoms with Crippen molar-refractivity contribution in [2.24, 2.45) is 0 Å². The lowest BCUT2D eigenvalue weighted by atomic mass is 9.79. The molecule has 0 bridgehead atoms. The summed E-state index contributed by atoms with van der Waals surface area (Å²) in [7, 11) is 1.67. The number of aromatic nitrogens is 2. The second kappa shape index (κ2) is 4.19. The number of methoxy groups -OCH3 is 1. The van der Waals surface area contributed by atoms with Crippen LogP contribution in [0.4, 0.5) is 0 Å². The average Bonchev–Trinajstić information content (AvgIpc) is 2.96. The molecule has 0 amide bonds. The van der Waals surface area contributed by atoms with E-state index < -0.39 is 0 Å². The molecule has 1 aliphatic rings. The van der Waals surface area contributed by atoms with Gasteiger partial charge < -0.3 is 9.26 Å². The van der Waals surface area contributed by atoms with Crippen LogP contribution >= 0.6 is 11.3 Å². The van der Waals surface area contributed by atoms with E-state index in [2.05, 4.69) is 16.2 Å². The van der Waals surface area contributed by atoms with Crippen molar-refractivity contribution in [1.29, 1.82) is 5.26 Å². The molecule has 92 valence electrons. The summed E-state index contributed by atoms with van der Waals surface area (Å²) in [5.74, 6) is 1.07. The second-order valence-electron chi connectivity index (χ2n) is 4.25. The molecule has 2 aromatic heterocycles. The molecule has 0 atom stereocenters. The molecular formula is C12H11N3O2S. The van der Waals surface area contributed by atoms with E-state index in [-0.39, 0.29) is 5.60 Å². The largest absolute Gasteiger partial charge is 0.370 e. The van der Waals surface area contributed by atoms with Crippen LogP contribution in [0.1, 0.15) is 30.0 Å². The molecule has 2 heterocycles. The van der Waals surface area contributed by atoms with Crippen LogP contribution in [0.5, 0.6) is 0 Å². The minimum Gasteiger partial charge on any atom is -0.370 e. The van der Waals surface area contributed by atoms with E-state index in [9.17, 15) is 0 Å². The van der Waals surface area contributed by atoms with Gasteiger partial charge >= 0.3 is 0 Å². The van der Waals surface area contributed by atoms with Crippen LogP contribution < -0.4 is 0 Å². The molecule has 1 fully saturated rings. The van der Waals surface area contributed by atoms with Crippen molar-refractivity contribution in [3.05, 3.63) is 22.8 Å². The van der Waals surface area contributed by atoms with Gasteiger partial charge in [-0.3, -0.25) is 0 Å². The van der Waals surface area contributed by atoms with Crippen LogP contribution in [-0.4, -0.2) is 17.3 Å². The summed E-state index contributed by atoms with van der Waals surface area (Å²) >= 11 is 1.34. The van der Waals surface area contributed by atoms with Gasteiger partial charge in [-0.05, 0) is 31.4 Å². The average molecular weight is 261 g/mol. The third kappa shape index (κ3) is 1.64. The fourth-order valence-electron chi connectivity index (χ4n) is 2.04. The van der Waals surface area contributed by atoms with Crippen LogP contribution in [0.2, 0.25) is 0 Å². The fourth-order valence-corrected chi connectivity index (χ4v) is 2.76. The van der Waals surface area contributed by atoms with Crippen LogP contribution in [0.15, 0.2) is 16.7 Å². The number of thiophene rings is 1. The van der Waals surface area contributed by atoms with Crippen molar-refractivity contribution < 1.29 is 9.26 Å². The lowest BCUT2D eigenvalue weighted by Gasteiger charge is -2.37. The standard InChI is InChI=1S/C12H11N3O2S/c1-16-12(5-2-6-12)11-14-10(17-15-11)9-4-3-8(7-13)18-9/h3-4H,2,5-6H2,1H3. The van der Waals surface area contributed by atoms with E-state index >= 15 is 0 Å². The van der Waals surface area contributed by atoms with Crippen LogP contribution in [-0.2, 0) is 10.3 Å². The van der Waals surface area contributed by atoms with Gasteiger partial charge in [0.05, 0.1) is 4.88 Å². The normalized spacial score (nSPS) is 17.1. The Hall–Kier alpha value is -1.71. The van der Waals surface area contributed by atoms with Gasteiger partial charge in [0.25, 0.3) is 5.89 Å². The van der Waals surface area contributed by atoms with Crippen molar-refractivity contribution in [3.63, 3.8) is 0 Å². The molecule has 1 aliphatic carbocycles. The molecule has 0 spiro atoms. The molecule has 0 saturated heterocycles. The number of ether oxygens (including phenoxy) is 1. The zero-order valence-corrected chi connectivity index (χ0v) is 10.7. The zero-order valence-electron chi connectivity index (χ0n) is 9.84. The summed E-state index contributed by atoms with van der Waals surface area (Å²) in [6.07, 6.45) is 2.97. The van der Waals surface area contributed by atoms with E-state index in [1.165, 1.54) is 11.3 Å². The number of nitrogens with zero attached hydrogens (tertiary/aromatic N) is 3. The minimum atomic E-state index is -0.364. The lowest BCUT2D eigenvalue weighted by Crippen LogP contribution is -2.37. The van der Waals surface area contributed by atoms with Gasteiger partial charge in [0.1, 0.15) is 16.5 Å². The first-order valence-corrected chi connectivity index (χ1v) is 6.49. The van der Waals surface area contributed by atoms with Gasteiger partial charge in [0.2, 0.25) is 5.82 Å². The topological polar surface area (TPSA) is 71.9 Å². The summed E-state index contributed by atoms with van der Waals surface area (Å²) in [5, 5.41) is 12.8. The van der Waals surface area contributed by atoms with Gasteiger partial charge in [-0.1, -0.05) is 5.16 Å². The Morgan fingerprint density at radius 2 is 2.33 bits per heavy atom. The Bertz CT molecular complexity index is 601. The van der Waals surface area contributed by atoms with E-state index in [1.807, 2.05) is 6.07 Å². The summed E-state index contributed by atoms with van der Waals surface area (Å²) in [6, 6.07) is 5.66. The summed E-state index contributed by atoms with van der Waals surface area (Å²) in [6.45, 7) is 0. The second-order valence-corrected chi connectivity index (χ2v) is 5.33. The van der Waals surface area contributed by atoms with Crippen molar-refractivity contribution in [2.45, 2.75) is 24.9 Å². The Labute approximate surface area is 108 Å². The maximum absolute atomic E-state index is 8.79. The minimum absolute atomic E-state index is 0.364. The number of hydrogen-bond acceptors (Lipinski definition) is 6. The highest BCUT2D eigenvalue weighted by atomic mass is 32.1. The molecule has 6 heteroatoms. The first-order valence-electron chi connectivity index (χ1n) is 5.67. The maximum atomic E-state index is 8.79. The maximum Gasteiger partial charge on any atom is 0.268 e. The van der Waals surface area contributed by atoms with Gasteiger partial charge in [0, 0.05) is 7.11 Å². The molecule has 0 radical (unpaired) electrons. The summed E-state index contributed by atoms with van der Waals surface area (Å²) in [5.41, 5.74) is -0.364. The highest BCUT2D eigenvalue weighted by molar-refractivity contribution is 7.15. The summed E-state index contributed by atoms with van der Waals surface area (Å²) in [4.78, 5) is 5.84. The van der Waals surface area contributed by atoms with E-state index in [0.29, 0.717) is 16.6 Å². The molecule has 1 saturated carbocycles. The smallest absolute Gasteiger partial charge is 0.268 e. The summed E-state index contributed by atoms with van der Waals surface area (Å²) < 4.78 is 10.8. The molecule has 3 rings (SSSR count). The van der Waals surface area contributed by atoms with Gasteiger partial charge in [-0.2, -0.15) is 10.2 Å². The Morgan fingerprint density at radius 1 is 1.50 bits per heavy atom. The number of hydrogen-bond donors (Lipinski definition) is 0. The third-order valence-electron chi connectivity index (χ3n) is 3.31. The van der Waals surface area contributed by atoms with Gasteiger partial charge in [-0.25, -0.2) is 0 Å². The predicted octanol–water partition coefficient (Wildman–Crippen LogP) is 2.70. The van der Waals surface area contributed by atoms with Crippen LogP contribution in [0, 0.1) is 11.3 Å². The quantitative estimate of drug-likeness (QED) is 0.849. The highest BCUT2D eigenvalue weighted by Crippen LogP contribution is 2.43. The molecule has 0 aromatic carbocycles. The molecule has 0 unspecified atom stereocenters. The number of rotatable bonds is 3. The zero-order chi connectivity index (χ0) is 12.6. The molecule has 0 aliphatic heterocycles. The fraction of sp³-hybridized carbons (Fsp3) is 0.417. The van der Waals surface area contributed by atoms with Crippen molar-refractivity contribution in [1.82, 2.24) is 10.1 Å². The monoisotopic (exact) mass is 261 g/mol. The molecule has 18 heavy (non-hydrogen) atoms. The van der Waals surface area contributed by atoms with E-state index in [0.717, 1.165) is 24.1 Å². The van der Waals surface area contributed by atoms with E-state index in [1.54, 1.807) is 13.2 Å². The predicted molar refractivity (Wildman–Crippen MR) is 64.9 cm³/mol. The first kappa shape index (κ1) is 11.4. The highest BCUT2D eigenvalue weighted by Gasteiger charge is 2.43. The van der Waals surface area contributed by atoms with Crippen molar-refractivity contribution in [3.8, 4) is 16.8 Å².